The van der Waals surface area contributed by atoms with Crippen molar-refractivity contribution in [3.8, 4) is 5.75 Å². The highest BCUT2D eigenvalue weighted by atomic mass is 32.1. The molecule has 3 N–H and O–H groups in total. The summed E-state index contributed by atoms with van der Waals surface area (Å²) in [6.07, 6.45) is 3.63. The van der Waals surface area contributed by atoms with E-state index in [1.807, 2.05) is 31.2 Å². The lowest BCUT2D eigenvalue weighted by Gasteiger charge is -2.18. The number of carbonyl (C=O) groups excluding carboxylic acids is 2. The molecular weight excluding hydrogens is 348 g/mol. The molecule has 0 radical (unpaired) electrons. The molecule has 0 fully saturated rings. The van der Waals surface area contributed by atoms with Crippen LogP contribution in [0, 0.1) is 5.92 Å². The minimum Gasteiger partial charge on any atom is -0.483 e. The Hall–Kier alpha value is -2.34. The van der Waals surface area contributed by atoms with Gasteiger partial charge in [-0.05, 0) is 48.8 Å². The van der Waals surface area contributed by atoms with Crippen LogP contribution in [-0.2, 0) is 24.1 Å². The Labute approximate surface area is 157 Å². The molecule has 1 heterocycles. The first-order valence-electron chi connectivity index (χ1n) is 8.94. The van der Waals surface area contributed by atoms with Crippen LogP contribution < -0.4 is 15.8 Å². The summed E-state index contributed by atoms with van der Waals surface area (Å²) in [5, 5.41) is 3.38. The molecule has 1 aliphatic rings. The van der Waals surface area contributed by atoms with Gasteiger partial charge in [-0.25, -0.2) is 0 Å². The van der Waals surface area contributed by atoms with Gasteiger partial charge in [-0.2, -0.15) is 0 Å². The van der Waals surface area contributed by atoms with Gasteiger partial charge < -0.3 is 15.8 Å². The van der Waals surface area contributed by atoms with E-state index >= 15 is 0 Å². The van der Waals surface area contributed by atoms with E-state index in [1.54, 1.807) is 0 Å². The van der Waals surface area contributed by atoms with Gasteiger partial charge >= 0.3 is 0 Å². The SMILES string of the molecule is CCc1ccccc1OCC(=O)Nc1sc2c(c1C(N)=O)CCC(C)C2. The summed E-state index contributed by atoms with van der Waals surface area (Å²) in [6, 6.07) is 7.66. The maximum absolute atomic E-state index is 12.4. The molecule has 138 valence electrons. The van der Waals surface area contributed by atoms with E-state index < -0.39 is 5.91 Å². The molecule has 1 atom stereocenters. The molecular formula is C20H24N2O3S. The third-order valence-corrected chi connectivity index (χ3v) is 5.89. The first-order chi connectivity index (χ1) is 12.5. The predicted octanol–water partition coefficient (Wildman–Crippen LogP) is 3.55. The summed E-state index contributed by atoms with van der Waals surface area (Å²) in [5.41, 5.74) is 8.11. The molecule has 0 spiro atoms. The molecule has 1 unspecified atom stereocenters. The van der Waals surface area contributed by atoms with Gasteiger partial charge in [0.25, 0.3) is 11.8 Å². The van der Waals surface area contributed by atoms with E-state index in [0.29, 0.717) is 22.2 Å². The third kappa shape index (κ3) is 3.90. The summed E-state index contributed by atoms with van der Waals surface area (Å²) in [6.45, 7) is 4.14. The van der Waals surface area contributed by atoms with Crippen molar-refractivity contribution < 1.29 is 14.3 Å². The van der Waals surface area contributed by atoms with Gasteiger partial charge in [0.1, 0.15) is 10.8 Å². The number of anilines is 1. The summed E-state index contributed by atoms with van der Waals surface area (Å²) >= 11 is 1.46. The van der Waals surface area contributed by atoms with Crippen LogP contribution in [0.2, 0.25) is 0 Å². The van der Waals surface area contributed by atoms with Crippen LogP contribution in [0.15, 0.2) is 24.3 Å². The topological polar surface area (TPSA) is 81.4 Å². The first-order valence-corrected chi connectivity index (χ1v) is 9.76. The summed E-state index contributed by atoms with van der Waals surface area (Å²) < 4.78 is 5.66. The summed E-state index contributed by atoms with van der Waals surface area (Å²) in [7, 11) is 0. The lowest BCUT2D eigenvalue weighted by atomic mass is 9.88. The Kier molecular flexibility index (Phi) is 5.61. The second-order valence-corrected chi connectivity index (χ2v) is 7.82. The van der Waals surface area contributed by atoms with E-state index in [2.05, 4.69) is 12.2 Å². The molecule has 26 heavy (non-hydrogen) atoms. The molecule has 2 amide bonds. The van der Waals surface area contributed by atoms with Crippen LogP contribution in [0.25, 0.3) is 0 Å². The number of nitrogens with one attached hydrogen (secondary N) is 1. The summed E-state index contributed by atoms with van der Waals surface area (Å²) in [5.74, 6) is 0.522. The van der Waals surface area contributed by atoms with Crippen LogP contribution >= 0.6 is 11.3 Å². The van der Waals surface area contributed by atoms with Crippen molar-refractivity contribution in [1.82, 2.24) is 0 Å². The molecule has 3 rings (SSSR count). The number of hydrogen-bond acceptors (Lipinski definition) is 4. The van der Waals surface area contributed by atoms with Gasteiger partial charge in [0.05, 0.1) is 5.56 Å². The van der Waals surface area contributed by atoms with E-state index in [-0.39, 0.29) is 12.5 Å². The fourth-order valence-corrected chi connectivity index (χ4v) is 4.77. The summed E-state index contributed by atoms with van der Waals surface area (Å²) in [4.78, 5) is 25.4. The number of fused-ring (bicyclic) bond motifs is 1. The Morgan fingerprint density at radius 3 is 2.85 bits per heavy atom. The minimum absolute atomic E-state index is 0.103. The number of aryl methyl sites for hydroxylation is 1. The number of thiophene rings is 1. The highest BCUT2D eigenvalue weighted by Gasteiger charge is 2.27. The van der Waals surface area contributed by atoms with Crippen LogP contribution in [0.1, 0.15) is 46.6 Å². The molecule has 0 bridgehead atoms. The van der Waals surface area contributed by atoms with Gasteiger partial charge in [0.2, 0.25) is 0 Å². The zero-order valence-electron chi connectivity index (χ0n) is 15.1. The molecule has 1 aromatic heterocycles. The predicted molar refractivity (Wildman–Crippen MR) is 104 cm³/mol. The lowest BCUT2D eigenvalue weighted by molar-refractivity contribution is -0.118. The smallest absolute Gasteiger partial charge is 0.262 e. The normalized spacial score (nSPS) is 16.0. The number of rotatable bonds is 6. The number of primary amides is 1. The molecule has 1 aliphatic carbocycles. The monoisotopic (exact) mass is 372 g/mol. The van der Waals surface area contributed by atoms with Gasteiger partial charge in [-0.15, -0.1) is 11.3 Å². The Balaban J connectivity index is 1.72. The van der Waals surface area contributed by atoms with Crippen molar-refractivity contribution in [3.63, 3.8) is 0 Å². The van der Waals surface area contributed by atoms with Crippen molar-refractivity contribution in [2.75, 3.05) is 11.9 Å². The number of nitrogens with two attached hydrogens (primary N) is 1. The molecule has 1 aromatic carbocycles. The standard InChI is InChI=1S/C20H24N2O3S/c1-3-13-6-4-5-7-15(13)25-11-17(23)22-20-18(19(21)24)14-9-8-12(2)10-16(14)26-20/h4-7,12H,3,8-11H2,1-2H3,(H2,21,24)(H,22,23). The Bertz CT molecular complexity index is 828. The lowest BCUT2D eigenvalue weighted by Crippen LogP contribution is -2.23. The number of carbonyl (C=O) groups is 2. The van der Waals surface area contributed by atoms with E-state index in [4.69, 9.17) is 10.5 Å². The van der Waals surface area contributed by atoms with Crippen LogP contribution in [0.4, 0.5) is 5.00 Å². The third-order valence-electron chi connectivity index (χ3n) is 4.72. The van der Waals surface area contributed by atoms with Crippen LogP contribution in [0.3, 0.4) is 0 Å². The maximum Gasteiger partial charge on any atom is 0.262 e. The van der Waals surface area contributed by atoms with Gasteiger partial charge in [-0.1, -0.05) is 32.0 Å². The average molecular weight is 372 g/mol. The number of amides is 2. The van der Waals surface area contributed by atoms with E-state index in [0.717, 1.165) is 41.7 Å². The fourth-order valence-electron chi connectivity index (χ4n) is 3.34. The van der Waals surface area contributed by atoms with Crippen LogP contribution in [-0.4, -0.2) is 18.4 Å². The number of ether oxygens (including phenoxy) is 1. The molecule has 6 heteroatoms. The Morgan fingerprint density at radius 1 is 1.35 bits per heavy atom. The quantitative estimate of drug-likeness (QED) is 0.813. The van der Waals surface area contributed by atoms with Crippen molar-refractivity contribution in [1.29, 1.82) is 0 Å². The molecule has 0 saturated carbocycles. The van der Waals surface area contributed by atoms with Crippen molar-refractivity contribution in [2.24, 2.45) is 11.7 Å². The molecule has 2 aromatic rings. The van der Waals surface area contributed by atoms with Crippen molar-refractivity contribution >= 4 is 28.2 Å². The van der Waals surface area contributed by atoms with E-state index in [1.165, 1.54) is 11.3 Å². The minimum atomic E-state index is -0.482. The van der Waals surface area contributed by atoms with Crippen molar-refractivity contribution in [3.05, 3.63) is 45.8 Å². The van der Waals surface area contributed by atoms with Gasteiger partial charge in [0, 0.05) is 4.88 Å². The Morgan fingerprint density at radius 2 is 2.12 bits per heavy atom. The van der Waals surface area contributed by atoms with E-state index in [9.17, 15) is 9.59 Å². The fraction of sp³-hybridized carbons (Fsp3) is 0.400. The molecule has 5 nitrogen and oxygen atoms in total. The van der Waals surface area contributed by atoms with Crippen LogP contribution in [0.5, 0.6) is 5.75 Å². The second kappa shape index (κ2) is 7.91. The van der Waals surface area contributed by atoms with Gasteiger partial charge in [-0.3, -0.25) is 9.59 Å². The highest BCUT2D eigenvalue weighted by molar-refractivity contribution is 7.17. The first kappa shape index (κ1) is 18.5. The number of para-hydroxylation sites is 1. The second-order valence-electron chi connectivity index (χ2n) is 6.72. The number of hydrogen-bond donors (Lipinski definition) is 2. The van der Waals surface area contributed by atoms with Gasteiger partial charge in [0.15, 0.2) is 6.61 Å². The molecule has 0 saturated heterocycles. The largest absolute Gasteiger partial charge is 0.483 e. The molecule has 0 aliphatic heterocycles. The number of benzene rings is 1. The van der Waals surface area contributed by atoms with Crippen molar-refractivity contribution in [2.45, 2.75) is 39.5 Å². The maximum atomic E-state index is 12.4. The zero-order chi connectivity index (χ0) is 18.7. The average Bonchev–Trinajstić information content (AvgIpc) is 2.97. The highest BCUT2D eigenvalue weighted by Crippen LogP contribution is 2.39. The zero-order valence-corrected chi connectivity index (χ0v) is 15.9.